The molecule has 3 aromatic rings. The molecule has 0 saturated heterocycles. The third-order valence-corrected chi connectivity index (χ3v) is 5.39. The minimum Gasteiger partial charge on any atom is -0.454 e. The standard InChI is InChI=1S/C20H15N3O7/c1-21-18(24)17-16(10-3-5-11(6-4-10)23(26)27)12-7-14-15(29-9-28-14)8-13(12)30-19(17)22(2)20(21)25/h3-8,16H,9H2,1-2H3. The van der Waals surface area contributed by atoms with Crippen LogP contribution in [0.25, 0.3) is 0 Å². The topological polar surface area (TPSA) is 115 Å². The first-order valence-electron chi connectivity index (χ1n) is 9.02. The lowest BCUT2D eigenvalue weighted by Gasteiger charge is -2.29. The summed E-state index contributed by atoms with van der Waals surface area (Å²) in [7, 11) is 2.92. The molecular formula is C20H15N3O7. The van der Waals surface area contributed by atoms with Crippen molar-refractivity contribution in [3.8, 4) is 23.1 Å². The zero-order chi connectivity index (χ0) is 21.2. The largest absolute Gasteiger partial charge is 0.454 e. The van der Waals surface area contributed by atoms with Crippen molar-refractivity contribution in [1.82, 2.24) is 9.13 Å². The van der Waals surface area contributed by atoms with Gasteiger partial charge in [-0.25, -0.2) is 4.79 Å². The first kappa shape index (κ1) is 18.0. The molecular weight excluding hydrogens is 394 g/mol. The Balaban J connectivity index is 1.82. The number of aromatic nitrogens is 2. The Kier molecular flexibility index (Phi) is 3.72. The van der Waals surface area contributed by atoms with Gasteiger partial charge in [-0.15, -0.1) is 0 Å². The molecule has 0 amide bonds. The van der Waals surface area contributed by atoms with Crippen molar-refractivity contribution < 1.29 is 19.1 Å². The maximum absolute atomic E-state index is 13.1. The van der Waals surface area contributed by atoms with E-state index in [2.05, 4.69) is 0 Å². The number of ether oxygens (including phenoxy) is 3. The Morgan fingerprint density at radius 1 is 1.00 bits per heavy atom. The second kappa shape index (κ2) is 6.21. The third kappa shape index (κ3) is 2.43. The lowest BCUT2D eigenvalue weighted by atomic mass is 9.83. The van der Waals surface area contributed by atoms with Crippen molar-refractivity contribution in [2.45, 2.75) is 5.92 Å². The van der Waals surface area contributed by atoms with E-state index in [4.69, 9.17) is 14.2 Å². The van der Waals surface area contributed by atoms with E-state index in [1.54, 1.807) is 24.3 Å². The fraction of sp³-hybridized carbons (Fsp3) is 0.200. The highest BCUT2D eigenvalue weighted by atomic mass is 16.7. The first-order chi connectivity index (χ1) is 14.4. The number of benzene rings is 2. The highest BCUT2D eigenvalue weighted by molar-refractivity contribution is 5.62. The van der Waals surface area contributed by atoms with Gasteiger partial charge in [0, 0.05) is 43.8 Å². The van der Waals surface area contributed by atoms with Gasteiger partial charge in [0.1, 0.15) is 5.75 Å². The Labute approximate surface area is 168 Å². The van der Waals surface area contributed by atoms with E-state index in [0.29, 0.717) is 28.4 Å². The second-order valence-corrected chi connectivity index (χ2v) is 7.05. The van der Waals surface area contributed by atoms with E-state index in [1.165, 1.54) is 30.8 Å². The lowest BCUT2D eigenvalue weighted by molar-refractivity contribution is -0.384. The predicted octanol–water partition coefficient (Wildman–Crippen LogP) is 2.01. The van der Waals surface area contributed by atoms with Gasteiger partial charge in [0.05, 0.1) is 10.5 Å². The summed E-state index contributed by atoms with van der Waals surface area (Å²) in [6, 6.07) is 9.33. The van der Waals surface area contributed by atoms with Crippen LogP contribution in [0.1, 0.15) is 22.6 Å². The number of fused-ring (bicyclic) bond motifs is 3. The van der Waals surface area contributed by atoms with Crippen LogP contribution in [0.5, 0.6) is 23.1 Å². The summed E-state index contributed by atoms with van der Waals surface area (Å²) in [5, 5.41) is 11.1. The van der Waals surface area contributed by atoms with Crippen molar-refractivity contribution in [1.29, 1.82) is 0 Å². The van der Waals surface area contributed by atoms with Crippen molar-refractivity contribution in [2.75, 3.05) is 6.79 Å². The highest BCUT2D eigenvalue weighted by Crippen LogP contribution is 2.50. The number of nitro benzene ring substituents is 1. The molecule has 1 unspecified atom stereocenters. The van der Waals surface area contributed by atoms with Gasteiger partial charge in [0.15, 0.2) is 11.5 Å². The number of nitrogens with zero attached hydrogens (tertiary/aromatic N) is 3. The molecule has 10 heteroatoms. The van der Waals surface area contributed by atoms with Crippen LogP contribution in [0.4, 0.5) is 5.69 Å². The summed E-state index contributed by atoms with van der Waals surface area (Å²) in [5.41, 5.74) is 0.452. The highest BCUT2D eigenvalue weighted by Gasteiger charge is 2.36. The molecule has 0 aliphatic carbocycles. The molecule has 5 rings (SSSR count). The quantitative estimate of drug-likeness (QED) is 0.367. The van der Waals surface area contributed by atoms with Crippen LogP contribution in [0.15, 0.2) is 46.0 Å². The van der Waals surface area contributed by atoms with Crippen molar-refractivity contribution in [3.63, 3.8) is 0 Å². The smallest absolute Gasteiger partial charge is 0.333 e. The number of non-ortho nitro benzene ring substituents is 1. The van der Waals surface area contributed by atoms with Crippen LogP contribution >= 0.6 is 0 Å². The molecule has 10 nitrogen and oxygen atoms in total. The molecule has 152 valence electrons. The van der Waals surface area contributed by atoms with Crippen LogP contribution in [0.3, 0.4) is 0 Å². The lowest BCUT2D eigenvalue weighted by Crippen LogP contribution is -2.41. The number of rotatable bonds is 2. The van der Waals surface area contributed by atoms with Gasteiger partial charge in [-0.05, 0) is 11.6 Å². The molecule has 0 radical (unpaired) electrons. The van der Waals surface area contributed by atoms with E-state index in [0.717, 1.165) is 4.57 Å². The van der Waals surface area contributed by atoms with E-state index in [1.807, 2.05) is 0 Å². The Morgan fingerprint density at radius 3 is 2.33 bits per heavy atom. The molecule has 0 spiro atoms. The SMILES string of the molecule is Cn1c2c(c(=O)n(C)c1=O)C(c1ccc([N+](=O)[O-])cc1)c1cc3c(cc1O2)OCO3. The number of hydrogen-bond acceptors (Lipinski definition) is 7. The molecule has 2 aliphatic rings. The minimum absolute atomic E-state index is 0.0631. The molecule has 0 N–H and O–H groups in total. The number of nitro groups is 1. The van der Waals surface area contributed by atoms with Gasteiger partial charge >= 0.3 is 5.69 Å². The van der Waals surface area contributed by atoms with Crippen LogP contribution in [-0.4, -0.2) is 20.9 Å². The zero-order valence-electron chi connectivity index (χ0n) is 15.9. The van der Waals surface area contributed by atoms with Crippen LogP contribution in [-0.2, 0) is 14.1 Å². The van der Waals surface area contributed by atoms with E-state index >= 15 is 0 Å². The van der Waals surface area contributed by atoms with Gasteiger partial charge in [-0.1, -0.05) is 12.1 Å². The zero-order valence-corrected chi connectivity index (χ0v) is 15.9. The normalized spacial score (nSPS) is 15.9. The fourth-order valence-electron chi connectivity index (χ4n) is 3.87. The van der Waals surface area contributed by atoms with Crippen molar-refractivity contribution in [2.24, 2.45) is 14.1 Å². The van der Waals surface area contributed by atoms with Crippen molar-refractivity contribution in [3.05, 3.63) is 84.0 Å². The Bertz CT molecular complexity index is 1340. The molecule has 2 aromatic carbocycles. The monoisotopic (exact) mass is 409 g/mol. The number of hydrogen-bond donors (Lipinski definition) is 0. The molecule has 0 fully saturated rings. The molecule has 1 aromatic heterocycles. The summed E-state index contributed by atoms with van der Waals surface area (Å²) in [6.45, 7) is 0.0631. The maximum Gasteiger partial charge on any atom is 0.333 e. The average molecular weight is 409 g/mol. The minimum atomic E-state index is -0.621. The molecule has 3 heterocycles. The van der Waals surface area contributed by atoms with Crippen LogP contribution in [0, 0.1) is 10.1 Å². The Hall–Kier alpha value is -4.08. The van der Waals surface area contributed by atoms with Gasteiger partial charge in [-0.2, -0.15) is 0 Å². The molecule has 2 aliphatic heterocycles. The van der Waals surface area contributed by atoms with Crippen LogP contribution in [0.2, 0.25) is 0 Å². The summed E-state index contributed by atoms with van der Waals surface area (Å²) < 4.78 is 19.1. The van der Waals surface area contributed by atoms with E-state index in [9.17, 15) is 19.7 Å². The van der Waals surface area contributed by atoms with Gasteiger partial charge in [0.25, 0.3) is 11.2 Å². The fourth-order valence-corrected chi connectivity index (χ4v) is 3.87. The second-order valence-electron chi connectivity index (χ2n) is 7.05. The summed E-state index contributed by atoms with van der Waals surface area (Å²) in [4.78, 5) is 36.1. The molecule has 0 bridgehead atoms. The van der Waals surface area contributed by atoms with Gasteiger partial charge in [-0.3, -0.25) is 24.0 Å². The third-order valence-electron chi connectivity index (χ3n) is 5.39. The predicted molar refractivity (Wildman–Crippen MR) is 104 cm³/mol. The summed E-state index contributed by atoms with van der Waals surface area (Å²) >= 11 is 0. The first-order valence-corrected chi connectivity index (χ1v) is 9.02. The Morgan fingerprint density at radius 2 is 1.67 bits per heavy atom. The van der Waals surface area contributed by atoms with Crippen molar-refractivity contribution >= 4 is 5.69 Å². The summed E-state index contributed by atoms with van der Waals surface area (Å²) in [6.07, 6.45) is 0. The van der Waals surface area contributed by atoms with E-state index in [-0.39, 0.29) is 23.9 Å². The van der Waals surface area contributed by atoms with E-state index < -0.39 is 22.1 Å². The van der Waals surface area contributed by atoms with Gasteiger partial charge in [0.2, 0.25) is 12.7 Å². The summed E-state index contributed by atoms with van der Waals surface area (Å²) in [5.74, 6) is 0.920. The van der Waals surface area contributed by atoms with Crippen LogP contribution < -0.4 is 25.5 Å². The molecule has 0 saturated carbocycles. The molecule has 1 atom stereocenters. The maximum atomic E-state index is 13.1. The van der Waals surface area contributed by atoms with Gasteiger partial charge < -0.3 is 14.2 Å². The average Bonchev–Trinajstić information content (AvgIpc) is 3.20. The molecule has 30 heavy (non-hydrogen) atoms.